The molecule has 2 saturated heterocycles. The Kier molecular flexibility index (Phi) is 5.97. The van der Waals surface area contributed by atoms with Crippen LogP contribution < -0.4 is 16.1 Å². The lowest BCUT2D eigenvalue weighted by atomic mass is 9.77. The Morgan fingerprint density at radius 3 is 2.52 bits per heavy atom. The van der Waals surface area contributed by atoms with Crippen molar-refractivity contribution in [2.75, 3.05) is 25.0 Å². The van der Waals surface area contributed by atoms with Gasteiger partial charge in [0.1, 0.15) is 5.82 Å². The summed E-state index contributed by atoms with van der Waals surface area (Å²) in [7, 11) is -1.21. The number of anilines is 1. The molecule has 0 radical (unpaired) electrons. The van der Waals surface area contributed by atoms with Gasteiger partial charge in [-0.05, 0) is 33.8 Å². The number of aromatic nitrogens is 1. The van der Waals surface area contributed by atoms with Crippen molar-refractivity contribution in [3.05, 3.63) is 17.8 Å². The minimum Gasteiger partial charge on any atom is -0.399 e. The smallest absolute Gasteiger partial charge is 0.399 e. The molecule has 0 aliphatic carbocycles. The van der Waals surface area contributed by atoms with Crippen molar-refractivity contribution in [1.82, 2.24) is 10.3 Å². The predicted molar refractivity (Wildman–Crippen MR) is 101 cm³/mol. The monoisotopic (exact) mass is 415 g/mol. The summed E-state index contributed by atoms with van der Waals surface area (Å²) in [5, 5.41) is 5.50. The van der Waals surface area contributed by atoms with E-state index in [2.05, 4.69) is 15.6 Å². The van der Waals surface area contributed by atoms with Crippen LogP contribution in [0, 0.1) is 0 Å². The van der Waals surface area contributed by atoms with E-state index in [1.54, 1.807) is 27.7 Å². The van der Waals surface area contributed by atoms with Gasteiger partial charge in [0.05, 0.1) is 35.9 Å². The molecular weight excluding hydrogens is 390 g/mol. The zero-order valence-electron chi connectivity index (χ0n) is 16.9. The fourth-order valence-electron chi connectivity index (χ4n) is 3.09. The molecule has 0 bridgehead atoms. The molecule has 160 valence electrons. The second-order valence-corrected chi connectivity index (χ2v) is 8.19. The summed E-state index contributed by atoms with van der Waals surface area (Å²) in [6.07, 6.45) is -3.93. The minimum atomic E-state index is -4.67. The maximum Gasteiger partial charge on any atom is 0.497 e. The zero-order chi connectivity index (χ0) is 21.4. The molecule has 0 aromatic carbocycles. The van der Waals surface area contributed by atoms with Gasteiger partial charge in [0, 0.05) is 24.7 Å². The summed E-state index contributed by atoms with van der Waals surface area (Å²) in [4.78, 5) is 16.1. The van der Waals surface area contributed by atoms with Crippen molar-refractivity contribution < 1.29 is 32.0 Å². The van der Waals surface area contributed by atoms with Crippen LogP contribution in [-0.2, 0) is 25.0 Å². The van der Waals surface area contributed by atoms with Crippen LogP contribution >= 0.6 is 0 Å². The van der Waals surface area contributed by atoms with E-state index >= 15 is 0 Å². The maximum atomic E-state index is 13.7. The summed E-state index contributed by atoms with van der Waals surface area (Å²) < 4.78 is 58.0. The van der Waals surface area contributed by atoms with Gasteiger partial charge in [-0.25, -0.2) is 4.98 Å². The van der Waals surface area contributed by atoms with Gasteiger partial charge in [-0.15, -0.1) is 0 Å². The van der Waals surface area contributed by atoms with E-state index in [1.807, 2.05) is 0 Å². The van der Waals surface area contributed by atoms with Crippen molar-refractivity contribution in [2.24, 2.45) is 0 Å². The van der Waals surface area contributed by atoms with Gasteiger partial charge >= 0.3 is 13.3 Å². The molecule has 3 rings (SSSR count). The normalized spacial score (nSPS) is 23.8. The summed E-state index contributed by atoms with van der Waals surface area (Å²) in [5.41, 5.74) is -2.77. The highest BCUT2D eigenvalue weighted by molar-refractivity contribution is 6.62. The molecule has 2 aliphatic heterocycles. The van der Waals surface area contributed by atoms with Crippen LogP contribution in [-0.4, -0.2) is 55.0 Å². The third-order valence-electron chi connectivity index (χ3n) is 5.43. The fourth-order valence-corrected chi connectivity index (χ4v) is 3.09. The largest absolute Gasteiger partial charge is 0.497 e. The van der Waals surface area contributed by atoms with Gasteiger partial charge in [0.25, 0.3) is 0 Å². The number of amides is 1. The van der Waals surface area contributed by atoms with E-state index in [-0.39, 0.29) is 23.8 Å². The van der Waals surface area contributed by atoms with E-state index < -0.39 is 36.0 Å². The van der Waals surface area contributed by atoms with Gasteiger partial charge in [-0.2, -0.15) is 13.2 Å². The highest BCUT2D eigenvalue weighted by atomic mass is 19.4. The van der Waals surface area contributed by atoms with Crippen LogP contribution in [0.4, 0.5) is 19.0 Å². The quantitative estimate of drug-likeness (QED) is 0.730. The molecule has 1 unspecified atom stereocenters. The number of nitrogens with one attached hydrogen (secondary N) is 2. The summed E-state index contributed by atoms with van der Waals surface area (Å²) >= 11 is 0. The highest BCUT2D eigenvalue weighted by Crippen LogP contribution is 2.38. The molecule has 1 aromatic heterocycles. The van der Waals surface area contributed by atoms with Crippen LogP contribution in [0.5, 0.6) is 0 Å². The van der Waals surface area contributed by atoms with Crippen LogP contribution in [0.15, 0.2) is 12.3 Å². The molecule has 3 heterocycles. The van der Waals surface area contributed by atoms with Crippen molar-refractivity contribution in [3.8, 4) is 0 Å². The van der Waals surface area contributed by atoms with Crippen molar-refractivity contribution in [2.45, 2.75) is 57.6 Å². The first-order valence-electron chi connectivity index (χ1n) is 9.44. The number of hydrogen-bond donors (Lipinski definition) is 2. The molecule has 2 N–H and O–H groups in total. The van der Waals surface area contributed by atoms with E-state index in [4.69, 9.17) is 14.0 Å². The molecule has 0 saturated carbocycles. The first kappa shape index (κ1) is 22.0. The summed E-state index contributed by atoms with van der Waals surface area (Å²) in [6, 6.07) is 0.804. The number of carbonyl (C=O) groups excluding carboxylic acids is 1. The molecular formula is C18H25BF3N3O4. The summed E-state index contributed by atoms with van der Waals surface area (Å²) in [6.45, 7) is 8.71. The van der Waals surface area contributed by atoms with Crippen molar-refractivity contribution >= 4 is 24.3 Å². The molecule has 29 heavy (non-hydrogen) atoms. The first-order valence-corrected chi connectivity index (χ1v) is 9.44. The number of pyridine rings is 1. The number of alkyl halides is 3. The lowest BCUT2D eigenvalue weighted by Gasteiger charge is -2.32. The standard InChI is InChI=1S/C18H25BF3N3O4/c1-16(2)17(3,4)29-19(28-16)13-10-24-14(8-12(13)18(20,21)22)25-15(26)7-11-9-23-5-6-27-11/h8,10-11,23H,5-7,9H2,1-4H3,(H,24,25,26). The Hall–Kier alpha value is -1.69. The average molecular weight is 415 g/mol. The third-order valence-corrected chi connectivity index (χ3v) is 5.43. The van der Waals surface area contributed by atoms with Gasteiger partial charge in [-0.3, -0.25) is 4.79 Å². The molecule has 7 nitrogen and oxygen atoms in total. The van der Waals surface area contributed by atoms with E-state index in [9.17, 15) is 18.0 Å². The van der Waals surface area contributed by atoms with Crippen LogP contribution in [0.3, 0.4) is 0 Å². The molecule has 1 aromatic rings. The first-order chi connectivity index (χ1) is 13.4. The lowest BCUT2D eigenvalue weighted by molar-refractivity contribution is -0.137. The minimum absolute atomic E-state index is 0.0228. The van der Waals surface area contributed by atoms with E-state index in [0.717, 1.165) is 12.3 Å². The van der Waals surface area contributed by atoms with Gasteiger partial charge in [0.2, 0.25) is 5.91 Å². The Balaban J connectivity index is 1.79. The fraction of sp³-hybridized carbons (Fsp3) is 0.667. The zero-order valence-corrected chi connectivity index (χ0v) is 16.9. The van der Waals surface area contributed by atoms with Crippen LogP contribution in [0.1, 0.15) is 39.7 Å². The molecule has 0 spiro atoms. The highest BCUT2D eigenvalue weighted by Gasteiger charge is 2.53. The van der Waals surface area contributed by atoms with Crippen molar-refractivity contribution in [3.63, 3.8) is 0 Å². The number of nitrogens with zero attached hydrogens (tertiary/aromatic N) is 1. The van der Waals surface area contributed by atoms with Gasteiger partial charge < -0.3 is 24.7 Å². The number of rotatable bonds is 4. The Labute approximate surface area is 167 Å². The lowest BCUT2D eigenvalue weighted by Crippen LogP contribution is -2.41. The number of morpholine rings is 1. The second kappa shape index (κ2) is 7.86. The van der Waals surface area contributed by atoms with Crippen LogP contribution in [0.2, 0.25) is 0 Å². The Bertz CT molecular complexity index is 751. The maximum absolute atomic E-state index is 13.7. The van der Waals surface area contributed by atoms with E-state index in [0.29, 0.717) is 19.7 Å². The van der Waals surface area contributed by atoms with Gasteiger partial charge in [0.15, 0.2) is 0 Å². The third kappa shape index (κ3) is 4.91. The number of carbonyl (C=O) groups is 1. The average Bonchev–Trinajstić information content (AvgIpc) is 2.82. The Morgan fingerprint density at radius 1 is 1.31 bits per heavy atom. The number of hydrogen-bond acceptors (Lipinski definition) is 6. The molecule has 2 aliphatic rings. The predicted octanol–water partition coefficient (Wildman–Crippen LogP) is 1.72. The van der Waals surface area contributed by atoms with Crippen molar-refractivity contribution in [1.29, 1.82) is 0 Å². The summed E-state index contributed by atoms with van der Waals surface area (Å²) in [5.74, 6) is -0.658. The SMILES string of the molecule is CC1(C)OB(c2cnc(NC(=O)CC3CNCCO3)cc2C(F)(F)F)OC1(C)C. The molecule has 11 heteroatoms. The van der Waals surface area contributed by atoms with Gasteiger partial charge in [-0.1, -0.05) is 0 Å². The number of halogens is 3. The molecule has 2 fully saturated rings. The number of ether oxygens (including phenoxy) is 1. The topological polar surface area (TPSA) is 81.7 Å². The molecule has 1 amide bonds. The van der Waals surface area contributed by atoms with Crippen LogP contribution in [0.25, 0.3) is 0 Å². The van der Waals surface area contributed by atoms with E-state index in [1.165, 1.54) is 0 Å². The second-order valence-electron chi connectivity index (χ2n) is 8.19. The Morgan fingerprint density at radius 2 is 1.97 bits per heavy atom. The molecule has 1 atom stereocenters.